The summed E-state index contributed by atoms with van der Waals surface area (Å²) in [6.45, 7) is 3.62. The van der Waals surface area contributed by atoms with Crippen LogP contribution in [0.25, 0.3) is 55.0 Å². The number of rotatable bonds is 6. The predicted molar refractivity (Wildman–Crippen MR) is 173 cm³/mol. The van der Waals surface area contributed by atoms with Gasteiger partial charge in [0.1, 0.15) is 22.9 Å². The first-order valence-corrected chi connectivity index (χ1v) is 16.1. The molecule has 0 fully saturated rings. The number of nitrogens with one attached hydrogen (secondary N) is 2. The van der Waals surface area contributed by atoms with Crippen LogP contribution in [-0.2, 0) is 20.0 Å². The fourth-order valence-electron chi connectivity index (χ4n) is 4.61. The van der Waals surface area contributed by atoms with Crippen molar-refractivity contribution in [1.29, 1.82) is 0 Å². The molecule has 45 heavy (non-hydrogen) atoms. The first-order chi connectivity index (χ1) is 20.9. The summed E-state index contributed by atoms with van der Waals surface area (Å²) in [7, 11) is -7.90. The van der Waals surface area contributed by atoms with E-state index in [1.54, 1.807) is 24.3 Å². The summed E-state index contributed by atoms with van der Waals surface area (Å²) >= 11 is 0. The molecule has 0 atom stereocenters. The average molecular weight is 667 g/mol. The smallest absolute Gasteiger partial charge is 0.560 e. The molecule has 4 aromatic carbocycles. The molecule has 0 bridgehead atoms. The Kier molecular flexibility index (Phi) is 10.8. The van der Waals surface area contributed by atoms with Crippen LogP contribution in [0.3, 0.4) is 0 Å². The van der Waals surface area contributed by atoms with Crippen LogP contribution in [0.4, 0.5) is 0 Å². The van der Waals surface area contributed by atoms with Crippen molar-refractivity contribution in [3.63, 3.8) is 0 Å². The van der Waals surface area contributed by atoms with Gasteiger partial charge in [0.15, 0.2) is 0 Å². The molecule has 0 amide bonds. The maximum absolute atomic E-state index is 11.2. The summed E-state index contributed by atoms with van der Waals surface area (Å²) < 4.78 is 55.5. The molecule has 0 spiro atoms. The third kappa shape index (κ3) is 7.97. The van der Waals surface area contributed by atoms with Crippen LogP contribution in [0.1, 0.15) is 11.5 Å². The van der Waals surface area contributed by atoms with Gasteiger partial charge >= 0.3 is 37.7 Å². The van der Waals surface area contributed by atoms with Crippen LogP contribution in [0.2, 0.25) is 0 Å². The van der Waals surface area contributed by atoms with Crippen molar-refractivity contribution in [1.82, 2.24) is 10.3 Å². The molecular weight excluding hydrogens is 641 g/mol. The summed E-state index contributed by atoms with van der Waals surface area (Å²) in [4.78, 5) is -0.0711. The number of hydrogen-bond acceptors (Lipinski definition) is 8. The van der Waals surface area contributed by atoms with Gasteiger partial charge in [0.25, 0.3) is 0 Å². The summed E-state index contributed by atoms with van der Waals surface area (Å²) in [6.07, 6.45) is 0. The fraction of sp³-hybridized carbons (Fsp3) is 0.0625. The van der Waals surface area contributed by atoms with E-state index in [0.29, 0.717) is 22.9 Å². The Labute approximate surface area is 291 Å². The second-order valence-electron chi connectivity index (χ2n) is 9.71. The topological polar surface area (TPSA) is 168 Å². The maximum Gasteiger partial charge on any atom is 2.00 e. The van der Waals surface area contributed by atoms with E-state index in [1.807, 2.05) is 74.5 Å². The average Bonchev–Trinajstić information content (AvgIpc) is 3.60. The quantitative estimate of drug-likeness (QED) is 0.163. The molecule has 0 unspecified atom stereocenters. The van der Waals surface area contributed by atoms with Crippen LogP contribution in [-0.4, -0.2) is 64.9 Å². The Morgan fingerprint density at radius 3 is 1.09 bits per heavy atom. The number of hydrogen-bond donors (Lipinski definition) is 0. The molecule has 0 aliphatic rings. The van der Waals surface area contributed by atoms with Crippen molar-refractivity contribution in [2.75, 3.05) is 0 Å². The third-order valence-corrected chi connectivity index (χ3v) is 8.51. The summed E-state index contributed by atoms with van der Waals surface area (Å²) in [5.41, 5.74) is 6.49. The summed E-state index contributed by atoms with van der Waals surface area (Å²) in [5, 5.41) is 22.4. The zero-order valence-electron chi connectivity index (χ0n) is 24.3. The number of aryl methyl sites for hydroxylation is 2. The molecule has 0 aliphatic carbocycles. The van der Waals surface area contributed by atoms with Gasteiger partial charge in [-0.05, 0) is 49.2 Å². The minimum Gasteiger partial charge on any atom is -0.560 e. The number of sulfonamides is 2. The van der Waals surface area contributed by atoms with Crippen LogP contribution < -0.4 is 0 Å². The molecule has 2 N–H and O–H groups in total. The van der Waals surface area contributed by atoms with Crippen LogP contribution in [0, 0.1) is 13.8 Å². The van der Waals surface area contributed by atoms with Gasteiger partial charge in [-0.1, -0.05) is 95.2 Å². The van der Waals surface area contributed by atoms with E-state index in [0.717, 1.165) is 33.4 Å². The van der Waals surface area contributed by atoms with E-state index in [-0.39, 0.29) is 47.5 Å². The van der Waals surface area contributed by atoms with Crippen molar-refractivity contribution < 1.29 is 25.9 Å². The van der Waals surface area contributed by atoms with Crippen molar-refractivity contribution in [3.8, 4) is 44.8 Å². The molecule has 2 aromatic heterocycles. The van der Waals surface area contributed by atoms with Crippen molar-refractivity contribution in [3.05, 3.63) is 131 Å². The summed E-state index contributed by atoms with van der Waals surface area (Å²) in [6, 6.07) is 31.5. The van der Waals surface area contributed by atoms with Gasteiger partial charge in [-0.15, -0.1) is 0 Å². The number of aromatic nitrogens is 2. The molecule has 2 heterocycles. The van der Waals surface area contributed by atoms with Crippen molar-refractivity contribution in [2.45, 2.75) is 23.6 Å². The zero-order chi connectivity index (χ0) is 31.5. The molecule has 6 rings (SSSR count). The van der Waals surface area contributed by atoms with Crippen LogP contribution >= 0.6 is 0 Å². The van der Waals surface area contributed by atoms with Gasteiger partial charge in [0.05, 0.1) is 31.2 Å². The second kappa shape index (κ2) is 14.2. The molecule has 0 aliphatic heterocycles. The monoisotopic (exact) mass is 666 g/mol. The van der Waals surface area contributed by atoms with E-state index in [1.165, 1.54) is 24.3 Å². The molecule has 0 saturated carbocycles. The Bertz CT molecular complexity index is 1960. The third-order valence-electron chi connectivity index (χ3n) is 6.73. The summed E-state index contributed by atoms with van der Waals surface area (Å²) in [5.74, 6) is 1.31. The molecule has 0 saturated heterocycles. The Morgan fingerprint density at radius 2 is 0.800 bits per heavy atom. The van der Waals surface area contributed by atoms with Gasteiger partial charge in [0.2, 0.25) is 0 Å². The zero-order valence-corrected chi connectivity index (χ0v) is 28.1. The molecule has 224 valence electrons. The Balaban J connectivity index is 0.000000200. The number of benzene rings is 4. The van der Waals surface area contributed by atoms with Crippen molar-refractivity contribution >= 4 is 57.8 Å². The molecule has 6 aromatic rings. The minimum absolute atomic E-state index is 0. The first-order valence-electron chi connectivity index (χ1n) is 13.2. The van der Waals surface area contributed by atoms with Crippen molar-refractivity contribution in [2.24, 2.45) is 0 Å². The first kappa shape index (κ1) is 34.3. The Hall–Kier alpha value is -3.62. The van der Waals surface area contributed by atoms with Gasteiger partial charge in [-0.3, -0.25) is 0 Å². The maximum atomic E-state index is 11.2. The predicted octanol–water partition coefficient (Wildman–Crippen LogP) is 7.74. The SMILES string of the molecule is Cc1onc(-c2ccccc2)c1-c1ccc(S([NH-])(=O)=O)cc1.Cc1onc(-c2ccccc2)c1-c1ccc(S([NH-])(=O)=O)cc1.[Ca+2]. The van der Waals surface area contributed by atoms with Crippen LogP contribution in [0.5, 0.6) is 0 Å². The van der Waals surface area contributed by atoms with Gasteiger partial charge in [-0.2, -0.15) is 0 Å². The Morgan fingerprint density at radius 1 is 0.489 bits per heavy atom. The van der Waals surface area contributed by atoms with Gasteiger partial charge in [-0.25, -0.2) is 16.8 Å². The largest absolute Gasteiger partial charge is 2.00 e. The van der Waals surface area contributed by atoms with E-state index in [4.69, 9.17) is 19.3 Å². The normalized spacial score (nSPS) is 11.3. The van der Waals surface area contributed by atoms with Crippen LogP contribution in [0.15, 0.2) is 128 Å². The minimum atomic E-state index is -3.95. The standard InChI is InChI=1S/2C16H13N2O3S.Ca/c2*1-11-15(12-7-9-14(10-8-12)22(17,19)20)16(18-21-11)13-5-3-2-4-6-13;/h2*2-10H,1H3,(H-,17,19,20);/q2*-1;+2. The van der Waals surface area contributed by atoms with Gasteiger partial charge in [0, 0.05) is 20.9 Å². The fourth-order valence-corrected chi connectivity index (χ4v) is 5.60. The number of nitrogens with zero attached hydrogens (tertiary/aromatic N) is 2. The van der Waals surface area contributed by atoms with E-state index >= 15 is 0 Å². The molecular formula is C32H26CaN4O6S2. The van der Waals surface area contributed by atoms with E-state index < -0.39 is 20.0 Å². The molecule has 0 radical (unpaired) electrons. The van der Waals surface area contributed by atoms with E-state index in [9.17, 15) is 16.8 Å². The molecule has 13 heteroatoms. The van der Waals surface area contributed by atoms with E-state index in [2.05, 4.69) is 10.3 Å². The second-order valence-corrected chi connectivity index (χ2v) is 12.7. The molecule has 10 nitrogen and oxygen atoms in total. The van der Waals surface area contributed by atoms with Gasteiger partial charge < -0.3 is 19.3 Å².